The molecule has 0 spiro atoms. The lowest BCUT2D eigenvalue weighted by Crippen LogP contribution is -2.28. The van der Waals surface area contributed by atoms with Gasteiger partial charge >= 0.3 is 0 Å². The van der Waals surface area contributed by atoms with E-state index in [0.29, 0.717) is 6.54 Å². The summed E-state index contributed by atoms with van der Waals surface area (Å²) in [7, 11) is 0. The molecule has 1 aliphatic rings. The van der Waals surface area contributed by atoms with Crippen LogP contribution in [-0.4, -0.2) is 38.1 Å². The molecule has 0 saturated carbocycles. The number of carbonyl (C=O) groups is 1. The minimum absolute atomic E-state index is 0.0948. The minimum atomic E-state index is 0.0948. The summed E-state index contributed by atoms with van der Waals surface area (Å²) < 4.78 is 4.88. The maximum Gasteiger partial charge on any atom is 0.255 e. The molecular formula is C16H15BrN4O. The monoisotopic (exact) mass is 358 g/mol. The fourth-order valence-electron chi connectivity index (χ4n) is 3.01. The van der Waals surface area contributed by atoms with Crippen LogP contribution in [0.25, 0.3) is 5.52 Å². The van der Waals surface area contributed by atoms with E-state index < -0.39 is 0 Å². The second kappa shape index (κ2) is 5.28. The van der Waals surface area contributed by atoms with E-state index >= 15 is 0 Å². The number of aromatic nitrogens is 3. The Hall–Kier alpha value is -2.08. The number of nitrogens with zero attached hydrogens (tertiary/aromatic N) is 4. The predicted octanol–water partition coefficient (Wildman–Crippen LogP) is 2.99. The average molecular weight is 359 g/mol. The molecule has 0 aliphatic carbocycles. The summed E-state index contributed by atoms with van der Waals surface area (Å²) in [6.45, 7) is 1.48. The largest absolute Gasteiger partial charge is 0.336 e. The summed E-state index contributed by atoms with van der Waals surface area (Å²) in [5, 5.41) is 4.33. The summed E-state index contributed by atoms with van der Waals surface area (Å²) in [6.07, 6.45) is 8.54. The zero-order valence-electron chi connectivity index (χ0n) is 11.9. The molecular weight excluding hydrogens is 344 g/mol. The average Bonchev–Trinajstić information content (AvgIpc) is 3.24. The minimum Gasteiger partial charge on any atom is -0.336 e. The van der Waals surface area contributed by atoms with Gasteiger partial charge in [0.15, 0.2) is 0 Å². The molecule has 112 valence electrons. The van der Waals surface area contributed by atoms with Gasteiger partial charge in [-0.15, -0.1) is 0 Å². The lowest BCUT2D eigenvalue weighted by atomic mass is 10.3. The summed E-state index contributed by atoms with van der Waals surface area (Å²) in [6, 6.07) is 8.14. The van der Waals surface area contributed by atoms with Gasteiger partial charge in [0.25, 0.3) is 5.91 Å². The first-order valence-electron chi connectivity index (χ1n) is 7.26. The van der Waals surface area contributed by atoms with Crippen LogP contribution in [0, 0.1) is 0 Å². The van der Waals surface area contributed by atoms with Gasteiger partial charge in [0, 0.05) is 37.2 Å². The Morgan fingerprint density at radius 1 is 1.32 bits per heavy atom. The number of hydrogen-bond donors (Lipinski definition) is 0. The highest BCUT2D eigenvalue weighted by molar-refractivity contribution is 9.10. The van der Waals surface area contributed by atoms with Gasteiger partial charge in [-0.05, 0) is 40.5 Å². The maximum atomic E-state index is 12.7. The number of amides is 1. The highest BCUT2D eigenvalue weighted by atomic mass is 79.9. The smallest absolute Gasteiger partial charge is 0.255 e. The lowest BCUT2D eigenvalue weighted by molar-refractivity contribution is 0.0787. The van der Waals surface area contributed by atoms with Crippen LogP contribution in [0.1, 0.15) is 22.8 Å². The van der Waals surface area contributed by atoms with Crippen molar-refractivity contribution in [3.8, 4) is 0 Å². The Labute approximate surface area is 136 Å². The topological polar surface area (TPSA) is 42.5 Å². The van der Waals surface area contributed by atoms with Gasteiger partial charge in [0.2, 0.25) is 0 Å². The fourth-order valence-corrected chi connectivity index (χ4v) is 3.31. The third kappa shape index (κ3) is 2.33. The molecule has 1 atom stereocenters. The van der Waals surface area contributed by atoms with Crippen molar-refractivity contribution in [1.82, 2.24) is 19.1 Å². The van der Waals surface area contributed by atoms with Crippen LogP contribution in [-0.2, 0) is 0 Å². The number of rotatable bonds is 2. The van der Waals surface area contributed by atoms with Crippen molar-refractivity contribution >= 4 is 27.4 Å². The number of fused-ring (bicyclic) bond motifs is 1. The number of pyridine rings is 1. The van der Waals surface area contributed by atoms with E-state index in [1.54, 1.807) is 6.20 Å². The van der Waals surface area contributed by atoms with Gasteiger partial charge in [-0.2, -0.15) is 5.10 Å². The first-order chi connectivity index (χ1) is 10.7. The molecule has 0 bridgehead atoms. The standard InChI is InChI=1S/C16H15BrN4O/c17-13-8-18-21(10-13)15-4-6-20(11-15)16(22)12-7-14-3-1-2-5-19(14)9-12/h1-3,5,7-10,15H,4,6,11H2. The van der Waals surface area contributed by atoms with Crippen LogP contribution in [0.5, 0.6) is 0 Å². The third-order valence-electron chi connectivity index (χ3n) is 4.15. The van der Waals surface area contributed by atoms with E-state index in [2.05, 4.69) is 21.0 Å². The van der Waals surface area contributed by atoms with Gasteiger partial charge in [-0.1, -0.05) is 6.07 Å². The summed E-state index contributed by atoms with van der Waals surface area (Å²) >= 11 is 3.41. The number of halogens is 1. The van der Waals surface area contributed by atoms with E-state index in [4.69, 9.17) is 0 Å². The Morgan fingerprint density at radius 2 is 2.23 bits per heavy atom. The molecule has 4 heterocycles. The SMILES string of the molecule is O=C(c1cc2ccccn2c1)N1CCC(n2cc(Br)cn2)C1. The normalized spacial score (nSPS) is 18.2. The zero-order chi connectivity index (χ0) is 15.1. The molecule has 4 rings (SSSR count). The van der Waals surface area contributed by atoms with Crippen molar-refractivity contribution in [2.45, 2.75) is 12.5 Å². The summed E-state index contributed by atoms with van der Waals surface area (Å²) in [4.78, 5) is 14.6. The fraction of sp³-hybridized carbons (Fsp3) is 0.250. The lowest BCUT2D eigenvalue weighted by Gasteiger charge is -2.15. The van der Waals surface area contributed by atoms with Crippen LogP contribution in [0.4, 0.5) is 0 Å². The van der Waals surface area contributed by atoms with Crippen molar-refractivity contribution in [3.05, 3.63) is 59.1 Å². The Kier molecular flexibility index (Phi) is 3.26. The predicted molar refractivity (Wildman–Crippen MR) is 86.9 cm³/mol. The molecule has 0 aromatic carbocycles. The van der Waals surface area contributed by atoms with E-state index in [-0.39, 0.29) is 11.9 Å². The van der Waals surface area contributed by atoms with Crippen molar-refractivity contribution in [3.63, 3.8) is 0 Å². The molecule has 5 nitrogen and oxygen atoms in total. The van der Waals surface area contributed by atoms with Crippen LogP contribution >= 0.6 is 15.9 Å². The van der Waals surface area contributed by atoms with Crippen molar-refractivity contribution in [1.29, 1.82) is 0 Å². The molecule has 1 fully saturated rings. The van der Waals surface area contributed by atoms with Gasteiger partial charge in [0.05, 0.1) is 22.3 Å². The first kappa shape index (κ1) is 13.6. The Morgan fingerprint density at radius 3 is 3.00 bits per heavy atom. The van der Waals surface area contributed by atoms with Crippen molar-refractivity contribution in [2.75, 3.05) is 13.1 Å². The van der Waals surface area contributed by atoms with Gasteiger partial charge in [0.1, 0.15) is 0 Å². The van der Waals surface area contributed by atoms with Crippen molar-refractivity contribution in [2.24, 2.45) is 0 Å². The highest BCUT2D eigenvalue weighted by Crippen LogP contribution is 2.24. The van der Waals surface area contributed by atoms with Gasteiger partial charge in [-0.25, -0.2) is 0 Å². The molecule has 1 saturated heterocycles. The highest BCUT2D eigenvalue weighted by Gasteiger charge is 2.28. The van der Waals surface area contributed by atoms with Crippen LogP contribution in [0.2, 0.25) is 0 Å². The summed E-state index contributed by atoms with van der Waals surface area (Å²) in [5.74, 6) is 0.0948. The second-order valence-electron chi connectivity index (χ2n) is 5.59. The Bertz CT molecular complexity index is 804. The molecule has 0 radical (unpaired) electrons. The zero-order valence-corrected chi connectivity index (χ0v) is 13.5. The van der Waals surface area contributed by atoms with E-state index in [1.807, 2.05) is 56.8 Å². The number of carbonyl (C=O) groups excluding carboxylic acids is 1. The molecule has 1 unspecified atom stereocenters. The molecule has 0 N–H and O–H groups in total. The van der Waals surface area contributed by atoms with Gasteiger partial charge in [-0.3, -0.25) is 9.48 Å². The molecule has 1 aliphatic heterocycles. The quantitative estimate of drug-likeness (QED) is 0.706. The van der Waals surface area contributed by atoms with Crippen LogP contribution in [0.15, 0.2) is 53.5 Å². The third-order valence-corrected chi connectivity index (χ3v) is 4.56. The van der Waals surface area contributed by atoms with E-state index in [1.165, 1.54) is 0 Å². The van der Waals surface area contributed by atoms with Gasteiger partial charge < -0.3 is 9.30 Å². The molecule has 1 amide bonds. The Balaban J connectivity index is 1.53. The van der Waals surface area contributed by atoms with E-state index in [0.717, 1.165) is 28.5 Å². The first-order valence-corrected chi connectivity index (χ1v) is 8.06. The number of hydrogen-bond acceptors (Lipinski definition) is 2. The van der Waals surface area contributed by atoms with Crippen LogP contribution < -0.4 is 0 Å². The summed E-state index contributed by atoms with van der Waals surface area (Å²) in [5.41, 5.74) is 1.78. The van der Waals surface area contributed by atoms with Crippen molar-refractivity contribution < 1.29 is 4.79 Å². The molecule has 3 aromatic heterocycles. The molecule has 3 aromatic rings. The van der Waals surface area contributed by atoms with E-state index in [9.17, 15) is 4.79 Å². The maximum absolute atomic E-state index is 12.7. The second-order valence-corrected chi connectivity index (χ2v) is 6.51. The number of likely N-dealkylation sites (tertiary alicyclic amines) is 1. The van der Waals surface area contributed by atoms with Crippen LogP contribution in [0.3, 0.4) is 0 Å². The molecule has 22 heavy (non-hydrogen) atoms. The molecule has 6 heteroatoms.